The summed E-state index contributed by atoms with van der Waals surface area (Å²) in [5.41, 5.74) is 1.78. The molecule has 1 rings (SSSR count). The number of rotatable bonds is 8. The van der Waals surface area contributed by atoms with Crippen LogP contribution in [0.3, 0.4) is 0 Å². The predicted octanol–water partition coefficient (Wildman–Crippen LogP) is 2.41. The molecule has 1 N–H and O–H groups in total. The molecular weight excluding hydrogens is 256 g/mol. The van der Waals surface area contributed by atoms with Crippen LogP contribution in [0, 0.1) is 10.1 Å². The first kappa shape index (κ1) is 16.2. The summed E-state index contributed by atoms with van der Waals surface area (Å²) >= 11 is 0. The van der Waals surface area contributed by atoms with Crippen LogP contribution in [-0.4, -0.2) is 50.6 Å². The minimum Gasteiger partial charge on any atom is -0.388 e. The van der Waals surface area contributed by atoms with Crippen molar-refractivity contribution in [3.8, 4) is 0 Å². The number of hydrogen-bond acceptors (Lipinski definition) is 5. The van der Waals surface area contributed by atoms with E-state index in [4.69, 9.17) is 0 Å². The van der Waals surface area contributed by atoms with Crippen molar-refractivity contribution in [1.82, 2.24) is 4.90 Å². The van der Waals surface area contributed by atoms with Crippen molar-refractivity contribution in [1.29, 1.82) is 0 Å². The molecule has 0 spiro atoms. The molecule has 1 aromatic carbocycles. The quantitative estimate of drug-likeness (QED) is 0.585. The Balaban J connectivity index is 3.04. The van der Waals surface area contributed by atoms with Gasteiger partial charge in [-0.15, -0.1) is 0 Å². The average molecular weight is 280 g/mol. The maximum Gasteiger partial charge on any atom is 0.273 e. The fourth-order valence-electron chi connectivity index (χ4n) is 1.99. The lowest BCUT2D eigenvalue weighted by atomic mass is 10.2. The summed E-state index contributed by atoms with van der Waals surface area (Å²) in [6.45, 7) is 4.76. The summed E-state index contributed by atoms with van der Waals surface area (Å²) in [6, 6.07) is 5.16. The first-order valence-electron chi connectivity index (χ1n) is 6.84. The molecule has 0 fully saturated rings. The third-order valence-corrected chi connectivity index (χ3v) is 3.08. The summed E-state index contributed by atoms with van der Waals surface area (Å²) in [7, 11) is 5.82. The molecule has 0 aromatic heterocycles. The number of nitro benzene ring substituents is 1. The zero-order valence-corrected chi connectivity index (χ0v) is 12.7. The van der Waals surface area contributed by atoms with Crippen molar-refractivity contribution in [3.05, 3.63) is 28.3 Å². The number of nitrogens with one attached hydrogen (secondary N) is 1. The average Bonchev–Trinajstić information content (AvgIpc) is 2.42. The fraction of sp³-hybridized carbons (Fsp3) is 0.571. The van der Waals surface area contributed by atoms with Crippen molar-refractivity contribution in [2.24, 2.45) is 0 Å². The van der Waals surface area contributed by atoms with E-state index in [1.807, 2.05) is 20.2 Å². The highest BCUT2D eigenvalue weighted by Crippen LogP contribution is 2.27. The molecule has 0 unspecified atom stereocenters. The number of likely N-dealkylation sites (N-methyl/N-ethyl adjacent to an activating group) is 1. The van der Waals surface area contributed by atoms with Gasteiger partial charge in [0.2, 0.25) is 0 Å². The minimum atomic E-state index is -0.347. The van der Waals surface area contributed by atoms with Gasteiger partial charge in [0.1, 0.15) is 0 Å². The molecule has 0 aliphatic carbocycles. The van der Waals surface area contributed by atoms with E-state index in [9.17, 15) is 10.1 Å². The van der Waals surface area contributed by atoms with E-state index in [1.54, 1.807) is 19.2 Å². The third kappa shape index (κ3) is 4.70. The summed E-state index contributed by atoms with van der Waals surface area (Å²) in [5.74, 6) is 0. The number of nitrogens with zero attached hydrogens (tertiary/aromatic N) is 3. The molecule has 20 heavy (non-hydrogen) atoms. The van der Waals surface area contributed by atoms with Gasteiger partial charge in [0.05, 0.1) is 4.92 Å². The summed E-state index contributed by atoms with van der Waals surface area (Å²) in [6.07, 6.45) is 1.00. The van der Waals surface area contributed by atoms with Crippen LogP contribution in [0.4, 0.5) is 17.1 Å². The molecule has 0 saturated carbocycles. The van der Waals surface area contributed by atoms with Crippen LogP contribution in [0.25, 0.3) is 0 Å². The lowest BCUT2D eigenvalue weighted by Crippen LogP contribution is -2.32. The Morgan fingerprint density at radius 3 is 2.40 bits per heavy atom. The van der Waals surface area contributed by atoms with Gasteiger partial charge in [0.15, 0.2) is 0 Å². The van der Waals surface area contributed by atoms with E-state index in [0.717, 1.165) is 37.4 Å². The van der Waals surface area contributed by atoms with Crippen molar-refractivity contribution in [2.75, 3.05) is 51.0 Å². The Morgan fingerprint density at radius 2 is 1.90 bits per heavy atom. The van der Waals surface area contributed by atoms with Crippen LogP contribution in [0.1, 0.15) is 13.3 Å². The molecule has 0 saturated heterocycles. The third-order valence-electron chi connectivity index (χ3n) is 3.08. The Morgan fingerprint density at radius 1 is 1.20 bits per heavy atom. The van der Waals surface area contributed by atoms with Crippen LogP contribution in [0.2, 0.25) is 0 Å². The van der Waals surface area contributed by atoms with Crippen LogP contribution in [-0.2, 0) is 0 Å². The monoisotopic (exact) mass is 280 g/mol. The zero-order valence-electron chi connectivity index (χ0n) is 12.7. The van der Waals surface area contributed by atoms with E-state index >= 15 is 0 Å². The van der Waals surface area contributed by atoms with Crippen molar-refractivity contribution < 1.29 is 4.92 Å². The molecule has 0 radical (unpaired) electrons. The van der Waals surface area contributed by atoms with E-state index in [0.29, 0.717) is 0 Å². The summed E-state index contributed by atoms with van der Waals surface area (Å²) in [4.78, 5) is 15.0. The van der Waals surface area contributed by atoms with Crippen molar-refractivity contribution in [2.45, 2.75) is 13.3 Å². The number of nitro groups is 1. The molecular formula is C14H24N4O2. The van der Waals surface area contributed by atoms with Gasteiger partial charge in [-0.05, 0) is 26.6 Å². The second-order valence-corrected chi connectivity index (χ2v) is 5.04. The Labute approximate surface area is 120 Å². The number of non-ortho nitro benzene ring substituents is 1. The molecule has 1 aromatic rings. The first-order chi connectivity index (χ1) is 9.47. The van der Waals surface area contributed by atoms with Gasteiger partial charge in [0.25, 0.3) is 5.69 Å². The van der Waals surface area contributed by atoms with Gasteiger partial charge >= 0.3 is 0 Å². The lowest BCUT2D eigenvalue weighted by molar-refractivity contribution is -0.384. The van der Waals surface area contributed by atoms with Crippen molar-refractivity contribution >= 4 is 17.1 Å². The Hall–Kier alpha value is -1.82. The Bertz CT molecular complexity index is 449. The number of benzene rings is 1. The molecule has 0 aliphatic rings. The topological polar surface area (TPSA) is 61.6 Å². The highest BCUT2D eigenvalue weighted by Gasteiger charge is 2.13. The maximum atomic E-state index is 11.0. The lowest BCUT2D eigenvalue weighted by Gasteiger charge is -2.26. The molecule has 0 heterocycles. The van der Waals surface area contributed by atoms with E-state index in [2.05, 4.69) is 22.0 Å². The van der Waals surface area contributed by atoms with Crippen molar-refractivity contribution in [3.63, 3.8) is 0 Å². The standard InChI is InChI=1S/C14H24N4O2/c1-5-6-17(8-7-16(3)4)13-9-12(15-2)10-14(11-13)18(19)20/h9-11,15H,5-8H2,1-4H3. The fourth-order valence-corrected chi connectivity index (χ4v) is 1.99. The van der Waals surface area contributed by atoms with Crippen LogP contribution in [0.15, 0.2) is 18.2 Å². The normalized spacial score (nSPS) is 10.7. The first-order valence-corrected chi connectivity index (χ1v) is 6.84. The van der Waals surface area contributed by atoms with Crippen LogP contribution < -0.4 is 10.2 Å². The van der Waals surface area contributed by atoms with Gasteiger partial charge in [-0.25, -0.2) is 0 Å². The molecule has 0 bridgehead atoms. The number of anilines is 2. The summed E-state index contributed by atoms with van der Waals surface area (Å²) in [5, 5.41) is 14.0. The second kappa shape index (κ2) is 7.69. The minimum absolute atomic E-state index is 0.123. The smallest absolute Gasteiger partial charge is 0.273 e. The molecule has 6 nitrogen and oxygen atoms in total. The van der Waals surface area contributed by atoms with Gasteiger partial charge in [-0.3, -0.25) is 10.1 Å². The van der Waals surface area contributed by atoms with Crippen LogP contribution >= 0.6 is 0 Å². The number of hydrogen-bond donors (Lipinski definition) is 1. The molecule has 0 atom stereocenters. The molecule has 0 amide bonds. The Kier molecular flexibility index (Phi) is 6.24. The van der Waals surface area contributed by atoms with Gasteiger partial charge in [-0.1, -0.05) is 6.92 Å². The maximum absolute atomic E-state index is 11.0. The van der Waals surface area contributed by atoms with E-state index in [-0.39, 0.29) is 10.6 Å². The van der Waals surface area contributed by atoms with Gasteiger partial charge in [-0.2, -0.15) is 0 Å². The second-order valence-electron chi connectivity index (χ2n) is 5.04. The van der Waals surface area contributed by atoms with Gasteiger partial charge < -0.3 is 15.1 Å². The zero-order chi connectivity index (χ0) is 15.1. The molecule has 0 aliphatic heterocycles. The highest BCUT2D eigenvalue weighted by atomic mass is 16.6. The molecule has 112 valence electrons. The SMILES string of the molecule is CCCN(CCN(C)C)c1cc(NC)cc([N+](=O)[O-])c1. The van der Waals surface area contributed by atoms with Crippen LogP contribution in [0.5, 0.6) is 0 Å². The van der Waals surface area contributed by atoms with Gasteiger partial charge in [0, 0.05) is 50.2 Å². The molecule has 6 heteroatoms. The predicted molar refractivity (Wildman–Crippen MR) is 83.7 cm³/mol. The summed E-state index contributed by atoms with van der Waals surface area (Å²) < 4.78 is 0. The largest absolute Gasteiger partial charge is 0.388 e. The van der Waals surface area contributed by atoms with E-state index in [1.165, 1.54) is 0 Å². The highest BCUT2D eigenvalue weighted by molar-refractivity contribution is 5.64. The van der Waals surface area contributed by atoms with E-state index < -0.39 is 0 Å².